The SMILES string of the molecule is CCNC(=NCCc1ccc(OC)c(OC)c1)N1CCC2(CCOC2)C1. The van der Waals surface area contributed by atoms with Crippen molar-refractivity contribution in [2.75, 3.05) is 53.6 Å². The third kappa shape index (κ3) is 4.23. The number of likely N-dealkylation sites (tertiary alicyclic amines) is 1. The largest absolute Gasteiger partial charge is 0.493 e. The lowest BCUT2D eigenvalue weighted by Crippen LogP contribution is -2.41. The topological polar surface area (TPSA) is 55.3 Å². The predicted octanol–water partition coefficient (Wildman–Crippen LogP) is 2.32. The Morgan fingerprint density at radius 3 is 2.81 bits per heavy atom. The highest BCUT2D eigenvalue weighted by atomic mass is 16.5. The van der Waals surface area contributed by atoms with E-state index in [-0.39, 0.29) is 0 Å². The molecule has 2 aliphatic rings. The Labute approximate surface area is 156 Å². The van der Waals surface area contributed by atoms with Crippen molar-refractivity contribution in [3.63, 3.8) is 0 Å². The van der Waals surface area contributed by atoms with Crippen molar-refractivity contribution >= 4 is 5.96 Å². The number of guanidine groups is 1. The number of nitrogens with one attached hydrogen (secondary N) is 1. The summed E-state index contributed by atoms with van der Waals surface area (Å²) < 4.78 is 16.3. The lowest BCUT2D eigenvalue weighted by atomic mass is 9.87. The van der Waals surface area contributed by atoms with E-state index in [4.69, 9.17) is 19.2 Å². The molecule has 6 heteroatoms. The lowest BCUT2D eigenvalue weighted by Gasteiger charge is -2.25. The Morgan fingerprint density at radius 1 is 1.27 bits per heavy atom. The van der Waals surface area contributed by atoms with E-state index in [2.05, 4.69) is 23.2 Å². The number of ether oxygens (including phenoxy) is 3. The van der Waals surface area contributed by atoms with Gasteiger partial charge in [0.2, 0.25) is 0 Å². The van der Waals surface area contributed by atoms with Gasteiger partial charge < -0.3 is 24.4 Å². The molecule has 1 atom stereocenters. The minimum atomic E-state index is 0.347. The molecule has 0 amide bonds. The Morgan fingerprint density at radius 2 is 2.12 bits per heavy atom. The second-order valence-corrected chi connectivity index (χ2v) is 7.15. The van der Waals surface area contributed by atoms with Crippen molar-refractivity contribution < 1.29 is 14.2 Å². The molecule has 6 nitrogen and oxygen atoms in total. The normalized spacial score (nSPS) is 22.9. The molecule has 1 spiro atoms. The third-order valence-corrected chi connectivity index (χ3v) is 5.37. The van der Waals surface area contributed by atoms with Crippen LogP contribution in [0.3, 0.4) is 0 Å². The molecule has 3 rings (SSSR count). The van der Waals surface area contributed by atoms with Crippen LogP contribution in [0.2, 0.25) is 0 Å². The van der Waals surface area contributed by atoms with Gasteiger partial charge in [-0.05, 0) is 43.9 Å². The van der Waals surface area contributed by atoms with E-state index in [0.29, 0.717) is 5.41 Å². The molecule has 1 aromatic carbocycles. The highest BCUT2D eigenvalue weighted by Gasteiger charge is 2.42. The molecule has 144 valence electrons. The zero-order chi connectivity index (χ0) is 18.4. The molecular formula is C20H31N3O3. The fraction of sp³-hybridized carbons (Fsp3) is 0.650. The molecule has 1 N–H and O–H groups in total. The highest BCUT2D eigenvalue weighted by molar-refractivity contribution is 5.80. The maximum atomic E-state index is 5.64. The van der Waals surface area contributed by atoms with Gasteiger partial charge in [0.15, 0.2) is 17.5 Å². The van der Waals surface area contributed by atoms with Crippen molar-refractivity contribution in [2.45, 2.75) is 26.2 Å². The van der Waals surface area contributed by atoms with Crippen molar-refractivity contribution in [2.24, 2.45) is 10.4 Å². The van der Waals surface area contributed by atoms with Crippen LogP contribution >= 0.6 is 0 Å². The van der Waals surface area contributed by atoms with E-state index in [0.717, 1.165) is 63.3 Å². The maximum Gasteiger partial charge on any atom is 0.193 e. The zero-order valence-electron chi connectivity index (χ0n) is 16.2. The average Bonchev–Trinajstić information content (AvgIpc) is 3.31. The molecule has 0 aliphatic carbocycles. The fourth-order valence-corrected chi connectivity index (χ4v) is 3.84. The van der Waals surface area contributed by atoms with Crippen LogP contribution in [0.25, 0.3) is 0 Å². The first-order chi connectivity index (χ1) is 12.7. The van der Waals surface area contributed by atoms with Gasteiger partial charge in [0.05, 0.1) is 20.8 Å². The minimum Gasteiger partial charge on any atom is -0.493 e. The molecular weight excluding hydrogens is 330 g/mol. The summed E-state index contributed by atoms with van der Waals surface area (Å²) in [6.07, 6.45) is 3.25. The molecule has 2 saturated heterocycles. The number of rotatable bonds is 6. The van der Waals surface area contributed by atoms with E-state index in [1.165, 1.54) is 18.4 Å². The van der Waals surface area contributed by atoms with E-state index in [1.54, 1.807) is 14.2 Å². The molecule has 0 saturated carbocycles. The minimum absolute atomic E-state index is 0.347. The zero-order valence-corrected chi connectivity index (χ0v) is 16.2. The first kappa shape index (κ1) is 18.8. The standard InChI is InChI=1S/C20H31N3O3/c1-4-21-19(23-11-8-20(14-23)9-12-26-15-20)22-10-7-16-5-6-17(24-2)18(13-16)25-3/h5-6,13H,4,7-12,14-15H2,1-3H3,(H,21,22). The Hall–Kier alpha value is -1.95. The molecule has 0 aromatic heterocycles. The van der Waals surface area contributed by atoms with Crippen LogP contribution in [-0.2, 0) is 11.2 Å². The van der Waals surface area contributed by atoms with Crippen LogP contribution in [0.1, 0.15) is 25.3 Å². The summed E-state index contributed by atoms with van der Waals surface area (Å²) in [5, 5.41) is 3.45. The summed E-state index contributed by atoms with van der Waals surface area (Å²) in [5.41, 5.74) is 1.55. The van der Waals surface area contributed by atoms with Gasteiger partial charge in [0.25, 0.3) is 0 Å². The molecule has 2 heterocycles. The van der Waals surface area contributed by atoms with Crippen LogP contribution in [0.4, 0.5) is 0 Å². The quantitative estimate of drug-likeness (QED) is 0.623. The summed E-state index contributed by atoms with van der Waals surface area (Å²) in [6, 6.07) is 6.06. The molecule has 1 aromatic rings. The van der Waals surface area contributed by atoms with Gasteiger partial charge in [-0.25, -0.2) is 0 Å². The Bertz CT molecular complexity index is 627. The number of hydrogen-bond acceptors (Lipinski definition) is 4. The van der Waals surface area contributed by atoms with E-state index < -0.39 is 0 Å². The number of hydrogen-bond donors (Lipinski definition) is 1. The lowest BCUT2D eigenvalue weighted by molar-refractivity contribution is 0.156. The Kier molecular flexibility index (Phi) is 6.25. The second-order valence-electron chi connectivity index (χ2n) is 7.15. The van der Waals surface area contributed by atoms with Crippen molar-refractivity contribution in [1.29, 1.82) is 0 Å². The van der Waals surface area contributed by atoms with E-state index in [9.17, 15) is 0 Å². The second kappa shape index (κ2) is 8.62. The molecule has 0 bridgehead atoms. The van der Waals surface area contributed by atoms with E-state index >= 15 is 0 Å². The van der Waals surface area contributed by atoms with Crippen molar-refractivity contribution in [3.05, 3.63) is 23.8 Å². The van der Waals surface area contributed by atoms with E-state index in [1.807, 2.05) is 12.1 Å². The number of benzene rings is 1. The van der Waals surface area contributed by atoms with Crippen LogP contribution < -0.4 is 14.8 Å². The average molecular weight is 361 g/mol. The first-order valence-electron chi connectivity index (χ1n) is 9.51. The third-order valence-electron chi connectivity index (χ3n) is 5.37. The molecule has 2 fully saturated rings. The summed E-state index contributed by atoms with van der Waals surface area (Å²) in [5.74, 6) is 2.55. The monoisotopic (exact) mass is 361 g/mol. The maximum absolute atomic E-state index is 5.64. The predicted molar refractivity (Wildman–Crippen MR) is 103 cm³/mol. The van der Waals surface area contributed by atoms with Crippen LogP contribution in [0.5, 0.6) is 11.5 Å². The number of aliphatic imine (C=N–C) groups is 1. The fourth-order valence-electron chi connectivity index (χ4n) is 3.84. The van der Waals surface area contributed by atoms with Crippen LogP contribution in [0, 0.1) is 5.41 Å². The molecule has 2 aliphatic heterocycles. The molecule has 26 heavy (non-hydrogen) atoms. The van der Waals surface area contributed by atoms with Gasteiger partial charge >= 0.3 is 0 Å². The van der Waals surface area contributed by atoms with Crippen molar-refractivity contribution in [3.8, 4) is 11.5 Å². The van der Waals surface area contributed by atoms with Gasteiger partial charge in [-0.2, -0.15) is 0 Å². The van der Waals surface area contributed by atoms with Crippen molar-refractivity contribution in [1.82, 2.24) is 10.2 Å². The Balaban J connectivity index is 1.61. The summed E-state index contributed by atoms with van der Waals surface area (Å²) >= 11 is 0. The number of methoxy groups -OCH3 is 2. The first-order valence-corrected chi connectivity index (χ1v) is 9.51. The van der Waals surface area contributed by atoms with Gasteiger partial charge in [-0.1, -0.05) is 6.07 Å². The van der Waals surface area contributed by atoms with Gasteiger partial charge in [-0.3, -0.25) is 4.99 Å². The highest BCUT2D eigenvalue weighted by Crippen LogP contribution is 2.38. The summed E-state index contributed by atoms with van der Waals surface area (Å²) in [6.45, 7) is 7.66. The summed E-state index contributed by atoms with van der Waals surface area (Å²) in [7, 11) is 3.32. The number of nitrogens with zero attached hydrogens (tertiary/aromatic N) is 2. The van der Waals surface area contributed by atoms with Gasteiger partial charge in [0.1, 0.15) is 0 Å². The van der Waals surface area contributed by atoms with Crippen LogP contribution in [0.15, 0.2) is 23.2 Å². The van der Waals surface area contributed by atoms with Crippen LogP contribution in [-0.4, -0.2) is 64.5 Å². The smallest absolute Gasteiger partial charge is 0.193 e. The van der Waals surface area contributed by atoms with Gasteiger partial charge in [-0.15, -0.1) is 0 Å². The molecule has 0 radical (unpaired) electrons. The summed E-state index contributed by atoms with van der Waals surface area (Å²) in [4.78, 5) is 7.26. The van der Waals surface area contributed by atoms with Gasteiger partial charge in [0, 0.05) is 38.2 Å². The molecule has 1 unspecified atom stereocenters.